The number of carbonyl (C=O) groups is 1. The van der Waals surface area contributed by atoms with Crippen LogP contribution in [0.1, 0.15) is 34.9 Å². The summed E-state index contributed by atoms with van der Waals surface area (Å²) >= 11 is 0. The van der Waals surface area contributed by atoms with Crippen LogP contribution in [0.5, 0.6) is 0 Å². The quantitative estimate of drug-likeness (QED) is 0.753. The highest BCUT2D eigenvalue weighted by Gasteiger charge is 2.27. The van der Waals surface area contributed by atoms with Crippen LogP contribution in [-0.2, 0) is 0 Å². The minimum atomic E-state index is 0.00446. The Kier molecular flexibility index (Phi) is 3.10. The van der Waals surface area contributed by atoms with Crippen molar-refractivity contribution in [2.75, 3.05) is 13.1 Å². The van der Waals surface area contributed by atoms with Gasteiger partial charge in [0.15, 0.2) is 5.65 Å². The lowest BCUT2D eigenvalue weighted by molar-refractivity contribution is 0.0700. The Balaban J connectivity index is 1.56. The van der Waals surface area contributed by atoms with Crippen molar-refractivity contribution >= 4 is 16.9 Å². The molecule has 22 heavy (non-hydrogen) atoms. The number of fused-ring (bicyclic) bond motifs is 1. The van der Waals surface area contributed by atoms with E-state index in [4.69, 9.17) is 0 Å². The van der Waals surface area contributed by atoms with Gasteiger partial charge in [0.2, 0.25) is 0 Å². The number of pyridine rings is 1. The molecular formula is C15H16N6O. The first kappa shape index (κ1) is 13.0. The maximum Gasteiger partial charge on any atom is 0.271 e. The number of piperidine rings is 1. The summed E-state index contributed by atoms with van der Waals surface area (Å²) in [4.78, 5) is 18.9. The fourth-order valence-corrected chi connectivity index (χ4v) is 3.02. The van der Waals surface area contributed by atoms with E-state index in [0.717, 1.165) is 36.1 Å². The zero-order chi connectivity index (χ0) is 14.9. The molecule has 3 aromatic rings. The van der Waals surface area contributed by atoms with Crippen LogP contribution in [0, 0.1) is 0 Å². The molecule has 1 saturated heterocycles. The minimum Gasteiger partial charge on any atom is -0.337 e. The number of likely N-dealkylation sites (tertiary alicyclic amines) is 1. The average Bonchev–Trinajstić information content (AvgIpc) is 3.25. The largest absolute Gasteiger partial charge is 0.337 e. The summed E-state index contributed by atoms with van der Waals surface area (Å²) < 4.78 is 0. The highest BCUT2D eigenvalue weighted by atomic mass is 16.2. The van der Waals surface area contributed by atoms with E-state index in [0.29, 0.717) is 12.2 Å². The Morgan fingerprint density at radius 1 is 1.23 bits per heavy atom. The molecule has 2 N–H and O–H groups in total. The number of H-pyrrole nitrogens is 2. The molecule has 7 heteroatoms. The third-order valence-corrected chi connectivity index (χ3v) is 4.18. The second-order valence-corrected chi connectivity index (χ2v) is 5.60. The van der Waals surface area contributed by atoms with Crippen molar-refractivity contribution in [3.8, 4) is 0 Å². The van der Waals surface area contributed by atoms with E-state index in [1.807, 2.05) is 17.0 Å². The lowest BCUT2D eigenvalue weighted by Crippen LogP contribution is -2.39. The van der Waals surface area contributed by atoms with Crippen molar-refractivity contribution in [1.29, 1.82) is 0 Å². The van der Waals surface area contributed by atoms with Gasteiger partial charge < -0.3 is 4.90 Å². The predicted molar refractivity (Wildman–Crippen MR) is 80.4 cm³/mol. The summed E-state index contributed by atoms with van der Waals surface area (Å²) in [7, 11) is 0. The fourth-order valence-electron chi connectivity index (χ4n) is 3.02. The van der Waals surface area contributed by atoms with Crippen LogP contribution < -0.4 is 0 Å². The lowest BCUT2D eigenvalue weighted by Gasteiger charge is -2.32. The Labute approximate surface area is 126 Å². The molecule has 0 aliphatic carbocycles. The van der Waals surface area contributed by atoms with Gasteiger partial charge in [-0.1, -0.05) is 0 Å². The smallest absolute Gasteiger partial charge is 0.271 e. The second-order valence-electron chi connectivity index (χ2n) is 5.60. The van der Waals surface area contributed by atoms with Gasteiger partial charge in [0, 0.05) is 36.3 Å². The van der Waals surface area contributed by atoms with Crippen LogP contribution in [0.3, 0.4) is 0 Å². The van der Waals surface area contributed by atoms with Gasteiger partial charge in [0.25, 0.3) is 5.91 Å². The maximum absolute atomic E-state index is 12.4. The third kappa shape index (κ3) is 2.24. The van der Waals surface area contributed by atoms with Crippen molar-refractivity contribution in [2.24, 2.45) is 0 Å². The number of rotatable bonds is 2. The molecule has 3 aromatic heterocycles. The van der Waals surface area contributed by atoms with Crippen LogP contribution in [0.15, 0.2) is 30.6 Å². The van der Waals surface area contributed by atoms with Gasteiger partial charge in [0.05, 0.1) is 6.20 Å². The molecule has 0 aromatic carbocycles. The highest BCUT2D eigenvalue weighted by Crippen LogP contribution is 2.27. The predicted octanol–water partition coefficient (Wildman–Crippen LogP) is 1.70. The van der Waals surface area contributed by atoms with E-state index in [9.17, 15) is 4.79 Å². The van der Waals surface area contributed by atoms with E-state index >= 15 is 0 Å². The Hall–Kier alpha value is -2.70. The van der Waals surface area contributed by atoms with Crippen molar-refractivity contribution in [3.63, 3.8) is 0 Å². The van der Waals surface area contributed by atoms with E-state index in [1.54, 1.807) is 18.5 Å². The molecular weight excluding hydrogens is 280 g/mol. The van der Waals surface area contributed by atoms with Crippen molar-refractivity contribution < 1.29 is 4.79 Å². The number of amides is 1. The third-order valence-electron chi connectivity index (χ3n) is 4.18. The second kappa shape index (κ2) is 5.25. The number of hydrogen-bond acceptors (Lipinski definition) is 4. The van der Waals surface area contributed by atoms with E-state index in [1.165, 1.54) is 0 Å². The molecule has 4 heterocycles. The lowest BCUT2D eigenvalue weighted by atomic mass is 9.94. The first-order valence-corrected chi connectivity index (χ1v) is 7.40. The number of aromatic nitrogens is 5. The fraction of sp³-hybridized carbons (Fsp3) is 0.333. The van der Waals surface area contributed by atoms with Gasteiger partial charge >= 0.3 is 0 Å². The van der Waals surface area contributed by atoms with Gasteiger partial charge in [-0.05, 0) is 31.0 Å². The van der Waals surface area contributed by atoms with Gasteiger partial charge in [-0.15, -0.1) is 0 Å². The summed E-state index contributed by atoms with van der Waals surface area (Å²) in [5.74, 6) is 0.262. The molecule has 1 amide bonds. The van der Waals surface area contributed by atoms with Gasteiger partial charge in [-0.3, -0.25) is 15.0 Å². The molecule has 0 radical (unpaired) electrons. The number of aromatic amines is 2. The molecule has 1 atom stereocenters. The van der Waals surface area contributed by atoms with E-state index in [-0.39, 0.29) is 11.8 Å². The highest BCUT2D eigenvalue weighted by molar-refractivity contribution is 5.92. The molecule has 4 rings (SSSR count). The van der Waals surface area contributed by atoms with Crippen molar-refractivity contribution in [2.45, 2.75) is 18.8 Å². The number of nitrogens with one attached hydrogen (secondary N) is 2. The van der Waals surface area contributed by atoms with Gasteiger partial charge in [-0.2, -0.15) is 10.2 Å². The topological polar surface area (TPSA) is 90.6 Å². The van der Waals surface area contributed by atoms with Crippen molar-refractivity contribution in [3.05, 3.63) is 42.0 Å². The van der Waals surface area contributed by atoms with Crippen LogP contribution in [0.25, 0.3) is 11.0 Å². The van der Waals surface area contributed by atoms with Gasteiger partial charge in [0.1, 0.15) is 5.69 Å². The first-order valence-electron chi connectivity index (χ1n) is 7.40. The molecule has 0 bridgehead atoms. The zero-order valence-electron chi connectivity index (χ0n) is 12.0. The standard InChI is InChI=1S/C15H16N6O/c22-15(13-5-6-16-19-13)21-7-1-2-11(9-21)12-4-3-10-8-17-20-14(10)18-12/h3-6,8,11H,1-2,7,9H2,(H,16,19)(H,17,18,20)/t11-/m0/s1. The number of hydrogen-bond donors (Lipinski definition) is 2. The van der Waals surface area contributed by atoms with Crippen LogP contribution in [0.2, 0.25) is 0 Å². The minimum absolute atomic E-state index is 0.00446. The molecule has 0 spiro atoms. The van der Waals surface area contributed by atoms with Crippen LogP contribution >= 0.6 is 0 Å². The Bertz CT molecular complexity index is 793. The molecule has 112 valence electrons. The van der Waals surface area contributed by atoms with Gasteiger partial charge in [-0.25, -0.2) is 4.98 Å². The molecule has 1 aliphatic rings. The average molecular weight is 296 g/mol. The molecule has 1 aliphatic heterocycles. The molecule has 1 fully saturated rings. The summed E-state index contributed by atoms with van der Waals surface area (Å²) in [6, 6.07) is 5.77. The number of carbonyl (C=O) groups excluding carboxylic acids is 1. The zero-order valence-corrected chi connectivity index (χ0v) is 12.0. The summed E-state index contributed by atoms with van der Waals surface area (Å²) in [6.45, 7) is 1.46. The summed E-state index contributed by atoms with van der Waals surface area (Å²) in [5, 5.41) is 14.5. The number of nitrogens with zero attached hydrogens (tertiary/aromatic N) is 4. The van der Waals surface area contributed by atoms with Crippen LogP contribution in [0.4, 0.5) is 0 Å². The van der Waals surface area contributed by atoms with Crippen molar-refractivity contribution in [1.82, 2.24) is 30.3 Å². The SMILES string of the molecule is O=C(c1ccn[nH]1)N1CCC[C@H](c2ccc3cn[nH]c3n2)C1. The van der Waals surface area contributed by atoms with Crippen LogP contribution in [-0.4, -0.2) is 49.3 Å². The Morgan fingerprint density at radius 3 is 3.05 bits per heavy atom. The maximum atomic E-state index is 12.4. The molecule has 7 nitrogen and oxygen atoms in total. The van der Waals surface area contributed by atoms with E-state index in [2.05, 4.69) is 25.4 Å². The molecule has 0 saturated carbocycles. The first-order chi connectivity index (χ1) is 10.8. The normalized spacial score (nSPS) is 18.7. The Morgan fingerprint density at radius 2 is 2.18 bits per heavy atom. The monoisotopic (exact) mass is 296 g/mol. The summed E-state index contributed by atoms with van der Waals surface area (Å²) in [6.07, 6.45) is 5.38. The van der Waals surface area contributed by atoms with E-state index < -0.39 is 0 Å². The molecule has 0 unspecified atom stereocenters. The summed E-state index contributed by atoms with van der Waals surface area (Å²) in [5.41, 5.74) is 2.35.